The number of halogens is 2. The molecule has 4 aromatic rings. The van der Waals surface area contributed by atoms with Gasteiger partial charge in [0, 0.05) is 41.1 Å². The number of carboxylic acid groups (broad SMARTS) is 1. The van der Waals surface area contributed by atoms with Gasteiger partial charge in [0.15, 0.2) is 17.4 Å². The summed E-state index contributed by atoms with van der Waals surface area (Å²) in [6.45, 7) is 2.15. The van der Waals surface area contributed by atoms with Gasteiger partial charge in [0.25, 0.3) is 0 Å². The molecular weight excluding hydrogens is 520 g/mol. The van der Waals surface area contributed by atoms with E-state index in [1.54, 1.807) is 22.8 Å². The normalized spacial score (nSPS) is 18.8. The number of hydrogen-bond acceptors (Lipinski definition) is 6. The predicted molar refractivity (Wildman–Crippen MR) is 148 cm³/mol. The summed E-state index contributed by atoms with van der Waals surface area (Å²) in [5, 5.41) is 29.7. The maximum atomic E-state index is 16.2. The molecule has 0 bridgehead atoms. The number of carboxylic acids is 1. The van der Waals surface area contributed by atoms with Gasteiger partial charge in [-0.15, -0.1) is 0 Å². The third-order valence-electron chi connectivity index (χ3n) is 7.57. The van der Waals surface area contributed by atoms with Crippen molar-refractivity contribution < 1.29 is 33.3 Å². The molecule has 0 aliphatic heterocycles. The first-order valence-electron chi connectivity index (χ1n) is 12.8. The van der Waals surface area contributed by atoms with Gasteiger partial charge in [-0.1, -0.05) is 12.1 Å². The fourth-order valence-corrected chi connectivity index (χ4v) is 5.73. The van der Waals surface area contributed by atoms with Crippen molar-refractivity contribution >= 4 is 28.8 Å². The van der Waals surface area contributed by atoms with Crippen molar-refractivity contribution in [2.45, 2.75) is 37.9 Å². The maximum Gasteiger partial charge on any atom is 0.335 e. The number of nitrogens with zero attached hydrogens (tertiary/aromatic N) is 1. The number of aliphatic hydroxyl groups is 1. The Kier molecular flexibility index (Phi) is 7.07. The molecule has 5 rings (SSSR count). The molecule has 1 aliphatic carbocycles. The summed E-state index contributed by atoms with van der Waals surface area (Å²) < 4.78 is 43.6. The number of nitrogens with two attached hydrogens (primary N) is 1. The summed E-state index contributed by atoms with van der Waals surface area (Å²) in [6, 6.07) is 11.6. The first kappa shape index (κ1) is 27.3. The second kappa shape index (κ2) is 10.4. The lowest BCUT2D eigenvalue weighted by atomic mass is 9.88. The number of hydrogen-bond donors (Lipinski definition) is 4. The van der Waals surface area contributed by atoms with E-state index >= 15 is 4.39 Å². The maximum absolute atomic E-state index is 16.2. The smallest absolute Gasteiger partial charge is 0.335 e. The summed E-state index contributed by atoms with van der Waals surface area (Å²) in [6.07, 6.45) is 1.77. The summed E-state index contributed by atoms with van der Waals surface area (Å²) in [5.41, 5.74) is 6.11. The number of anilines is 1. The molecule has 5 N–H and O–H groups in total. The van der Waals surface area contributed by atoms with E-state index in [-0.39, 0.29) is 39.2 Å². The monoisotopic (exact) mass is 549 g/mol. The number of nitrogens with one attached hydrogen (secondary N) is 1. The van der Waals surface area contributed by atoms with E-state index in [1.807, 2.05) is 6.92 Å². The number of ether oxygens (including phenoxy) is 2. The molecule has 40 heavy (non-hydrogen) atoms. The number of methoxy groups -OCH3 is 1. The van der Waals surface area contributed by atoms with Crippen molar-refractivity contribution in [3.8, 4) is 22.6 Å². The molecule has 0 radical (unpaired) electrons. The van der Waals surface area contributed by atoms with Crippen LogP contribution in [0.4, 0.5) is 14.5 Å². The molecule has 1 heterocycles. The quantitative estimate of drug-likeness (QED) is 0.166. The third kappa shape index (κ3) is 4.20. The van der Waals surface area contributed by atoms with E-state index < -0.39 is 29.3 Å². The number of aromatic carboxylic acids is 1. The standard InChI is InChI=1S/C30H29F2N3O5/c1-3-40-23-5-4-12-30(23,38)28-24(16-6-8-17(9-7-16)29(36)37)25-21(13-18(15-33)27(34)26(25)32)35(28)19-10-11-20(31)22(14-19)39-2/h6-11,13-15,23,33,38H,3-5,12,34H2,1-2H3,(H,36,37). The summed E-state index contributed by atoms with van der Waals surface area (Å²) in [5.74, 6) is -2.57. The van der Waals surface area contributed by atoms with E-state index in [2.05, 4.69) is 0 Å². The van der Waals surface area contributed by atoms with Crippen LogP contribution in [0.15, 0.2) is 48.5 Å². The Bertz CT molecular complexity index is 1630. The molecule has 8 nitrogen and oxygen atoms in total. The largest absolute Gasteiger partial charge is 0.494 e. The molecule has 0 spiro atoms. The Morgan fingerprint density at radius 3 is 2.58 bits per heavy atom. The van der Waals surface area contributed by atoms with Crippen molar-refractivity contribution in [2.24, 2.45) is 0 Å². The van der Waals surface area contributed by atoms with Crippen LogP contribution in [0.5, 0.6) is 5.75 Å². The minimum atomic E-state index is -1.61. The van der Waals surface area contributed by atoms with E-state index in [4.69, 9.17) is 20.6 Å². The van der Waals surface area contributed by atoms with Crippen LogP contribution in [-0.4, -0.2) is 46.8 Å². The highest BCUT2D eigenvalue weighted by Crippen LogP contribution is 2.50. The molecule has 1 fully saturated rings. The molecule has 0 amide bonds. The highest BCUT2D eigenvalue weighted by atomic mass is 19.1. The van der Waals surface area contributed by atoms with Crippen LogP contribution >= 0.6 is 0 Å². The minimum Gasteiger partial charge on any atom is -0.494 e. The van der Waals surface area contributed by atoms with Crippen molar-refractivity contribution in [1.29, 1.82) is 5.41 Å². The van der Waals surface area contributed by atoms with Crippen molar-refractivity contribution in [3.05, 3.63) is 77.0 Å². The number of benzene rings is 3. The topological polar surface area (TPSA) is 131 Å². The van der Waals surface area contributed by atoms with Crippen LogP contribution in [-0.2, 0) is 10.3 Å². The molecule has 3 aromatic carbocycles. The number of rotatable bonds is 8. The Labute approximate surface area is 229 Å². The van der Waals surface area contributed by atoms with Gasteiger partial charge in [-0.3, -0.25) is 0 Å². The number of nitrogen functional groups attached to an aromatic ring is 1. The SMILES string of the molecule is CCOC1CCCC1(O)c1c(-c2ccc(C(=O)O)cc2)c2c(F)c(N)c(C=N)cc2n1-c1ccc(F)c(OC)c1. The van der Waals surface area contributed by atoms with Gasteiger partial charge >= 0.3 is 5.97 Å². The van der Waals surface area contributed by atoms with Crippen LogP contribution in [0, 0.1) is 17.0 Å². The molecule has 1 aromatic heterocycles. The van der Waals surface area contributed by atoms with Gasteiger partial charge in [-0.2, -0.15) is 0 Å². The van der Waals surface area contributed by atoms with E-state index in [0.717, 1.165) is 6.21 Å². The lowest BCUT2D eigenvalue weighted by Crippen LogP contribution is -2.38. The molecule has 0 saturated heterocycles. The van der Waals surface area contributed by atoms with Gasteiger partial charge in [0.1, 0.15) is 5.60 Å². The molecule has 10 heteroatoms. The van der Waals surface area contributed by atoms with Gasteiger partial charge in [0.05, 0.1) is 35.7 Å². The van der Waals surface area contributed by atoms with Gasteiger partial charge in [0.2, 0.25) is 0 Å². The second-order valence-corrected chi connectivity index (χ2v) is 9.75. The van der Waals surface area contributed by atoms with Crippen LogP contribution in [0.25, 0.3) is 27.7 Å². The van der Waals surface area contributed by atoms with Gasteiger partial charge < -0.3 is 35.4 Å². The van der Waals surface area contributed by atoms with E-state index in [9.17, 15) is 19.4 Å². The van der Waals surface area contributed by atoms with Crippen LogP contribution < -0.4 is 10.5 Å². The van der Waals surface area contributed by atoms with Crippen molar-refractivity contribution in [2.75, 3.05) is 19.5 Å². The minimum absolute atomic E-state index is 0.0372. The Morgan fingerprint density at radius 1 is 1.23 bits per heavy atom. The Balaban J connectivity index is 1.99. The summed E-state index contributed by atoms with van der Waals surface area (Å²) in [7, 11) is 1.33. The number of carbonyl (C=O) groups is 1. The molecule has 1 saturated carbocycles. The average molecular weight is 550 g/mol. The van der Waals surface area contributed by atoms with E-state index in [0.29, 0.717) is 42.7 Å². The zero-order valence-electron chi connectivity index (χ0n) is 22.0. The highest BCUT2D eigenvalue weighted by molar-refractivity contribution is 6.05. The number of aromatic nitrogens is 1. The van der Waals surface area contributed by atoms with Gasteiger partial charge in [-0.05, 0) is 62.1 Å². The second-order valence-electron chi connectivity index (χ2n) is 9.75. The fraction of sp³-hybridized carbons (Fsp3) is 0.267. The molecule has 2 atom stereocenters. The van der Waals surface area contributed by atoms with Crippen LogP contribution in [0.3, 0.4) is 0 Å². The van der Waals surface area contributed by atoms with Gasteiger partial charge in [-0.25, -0.2) is 13.6 Å². The number of fused-ring (bicyclic) bond motifs is 1. The third-order valence-corrected chi connectivity index (χ3v) is 7.57. The van der Waals surface area contributed by atoms with Crippen molar-refractivity contribution in [1.82, 2.24) is 4.57 Å². The first-order chi connectivity index (χ1) is 19.2. The zero-order valence-corrected chi connectivity index (χ0v) is 22.0. The van der Waals surface area contributed by atoms with E-state index in [1.165, 1.54) is 37.4 Å². The van der Waals surface area contributed by atoms with Crippen LogP contribution in [0.2, 0.25) is 0 Å². The lowest BCUT2D eigenvalue weighted by Gasteiger charge is -2.33. The molecule has 2 unspecified atom stereocenters. The molecule has 208 valence electrons. The predicted octanol–water partition coefficient (Wildman–Crippen LogP) is 5.64. The Hall–Kier alpha value is -4.28. The Morgan fingerprint density at radius 2 is 1.95 bits per heavy atom. The van der Waals surface area contributed by atoms with Crippen molar-refractivity contribution in [3.63, 3.8) is 0 Å². The fourth-order valence-electron chi connectivity index (χ4n) is 5.73. The summed E-state index contributed by atoms with van der Waals surface area (Å²) >= 11 is 0. The molecular formula is C30H29F2N3O5. The summed E-state index contributed by atoms with van der Waals surface area (Å²) in [4.78, 5) is 11.5. The molecule has 1 aliphatic rings. The lowest BCUT2D eigenvalue weighted by molar-refractivity contribution is -0.0942. The zero-order chi connectivity index (χ0) is 28.8. The average Bonchev–Trinajstić information content (AvgIpc) is 3.49. The van der Waals surface area contributed by atoms with Crippen LogP contribution in [0.1, 0.15) is 47.8 Å². The first-order valence-corrected chi connectivity index (χ1v) is 12.8. The highest BCUT2D eigenvalue weighted by Gasteiger charge is 2.48.